The molecule has 0 spiro atoms. The number of allylic oxidation sites excluding steroid dienone is 1. The van der Waals surface area contributed by atoms with E-state index in [-0.39, 0.29) is 11.5 Å². The monoisotopic (exact) mass is 362 g/mol. The first-order valence-electron chi connectivity index (χ1n) is 7.65. The van der Waals surface area contributed by atoms with Gasteiger partial charge in [-0.25, -0.2) is 0 Å². The van der Waals surface area contributed by atoms with E-state index in [2.05, 4.69) is 0 Å². The molecule has 2 aromatic rings. The second-order valence-corrected chi connectivity index (χ2v) is 5.72. The lowest BCUT2D eigenvalue weighted by molar-refractivity contribution is -0.167. The Kier molecular flexibility index (Phi) is 5.82. The molecule has 7 heteroatoms. The van der Waals surface area contributed by atoms with E-state index in [1.807, 2.05) is 31.1 Å². The third-order valence-corrected chi connectivity index (χ3v) is 3.50. The summed E-state index contributed by atoms with van der Waals surface area (Å²) in [6.45, 7) is 0. The first-order chi connectivity index (χ1) is 12.2. The van der Waals surface area contributed by atoms with Crippen molar-refractivity contribution in [3.8, 4) is 0 Å². The summed E-state index contributed by atoms with van der Waals surface area (Å²) >= 11 is 0. The predicted molar refractivity (Wildman–Crippen MR) is 95.3 cm³/mol. The summed E-state index contributed by atoms with van der Waals surface area (Å²) in [5.74, 6) is -2.28. The molecule has 136 valence electrons. The third-order valence-electron chi connectivity index (χ3n) is 3.50. The van der Waals surface area contributed by atoms with E-state index in [0.717, 1.165) is 5.69 Å². The number of hydrogen-bond donors (Lipinski definition) is 1. The molecular formula is C19H17F3N2O2. The van der Waals surface area contributed by atoms with Gasteiger partial charge in [-0.15, -0.1) is 0 Å². The van der Waals surface area contributed by atoms with Crippen LogP contribution in [0.2, 0.25) is 0 Å². The molecule has 0 aliphatic carbocycles. The summed E-state index contributed by atoms with van der Waals surface area (Å²) < 4.78 is 36.8. The van der Waals surface area contributed by atoms with Crippen LogP contribution in [0, 0.1) is 0 Å². The summed E-state index contributed by atoms with van der Waals surface area (Å²) in [4.78, 5) is 25.0. The Morgan fingerprint density at radius 1 is 1.04 bits per heavy atom. The van der Waals surface area contributed by atoms with Crippen LogP contribution in [0.15, 0.2) is 54.6 Å². The maximum Gasteiger partial charge on any atom is 0.471 e. The number of anilines is 2. The van der Waals surface area contributed by atoms with Gasteiger partial charge in [0.1, 0.15) is 0 Å². The number of carbonyl (C=O) groups is 2. The number of benzene rings is 2. The number of hydrogen-bond acceptors (Lipinski definition) is 3. The van der Waals surface area contributed by atoms with Crippen LogP contribution >= 0.6 is 0 Å². The molecule has 0 atom stereocenters. The minimum Gasteiger partial charge on any atom is -0.378 e. The standard InChI is InChI=1S/C19H17F3N2O2/c1-24(2)16-9-7-14(8-10-16)17(25)11-6-13-4-3-5-15(12-13)23-18(26)19(20,21)22/h3-12H,1-2H3,(H,23,26)/b11-6+. The van der Waals surface area contributed by atoms with Gasteiger partial charge in [-0.05, 0) is 48.0 Å². The van der Waals surface area contributed by atoms with E-state index in [4.69, 9.17) is 0 Å². The maximum atomic E-state index is 12.3. The van der Waals surface area contributed by atoms with Crippen LogP contribution in [0.3, 0.4) is 0 Å². The minimum absolute atomic E-state index is 0.00254. The van der Waals surface area contributed by atoms with Crippen molar-refractivity contribution < 1.29 is 22.8 Å². The number of rotatable bonds is 5. The van der Waals surface area contributed by atoms with Gasteiger partial charge in [0.05, 0.1) is 0 Å². The van der Waals surface area contributed by atoms with Gasteiger partial charge in [0.25, 0.3) is 0 Å². The van der Waals surface area contributed by atoms with Crippen LogP contribution in [-0.4, -0.2) is 32.0 Å². The Morgan fingerprint density at radius 3 is 2.27 bits per heavy atom. The van der Waals surface area contributed by atoms with Crippen molar-refractivity contribution in [1.82, 2.24) is 0 Å². The molecule has 0 saturated carbocycles. The molecular weight excluding hydrogens is 345 g/mol. The predicted octanol–water partition coefficient (Wildman–Crippen LogP) is 4.15. The fourth-order valence-electron chi connectivity index (χ4n) is 2.11. The Hall–Kier alpha value is -3.09. The Bertz CT molecular complexity index is 825. The van der Waals surface area contributed by atoms with E-state index in [9.17, 15) is 22.8 Å². The van der Waals surface area contributed by atoms with Crippen molar-refractivity contribution in [2.24, 2.45) is 0 Å². The molecule has 1 N–H and O–H groups in total. The highest BCUT2D eigenvalue weighted by Crippen LogP contribution is 2.19. The number of amides is 1. The Labute approximate surface area is 148 Å². The zero-order chi connectivity index (χ0) is 19.3. The Balaban J connectivity index is 2.09. The van der Waals surface area contributed by atoms with Crippen LogP contribution < -0.4 is 10.2 Å². The fraction of sp³-hybridized carbons (Fsp3) is 0.158. The van der Waals surface area contributed by atoms with Gasteiger partial charge in [-0.3, -0.25) is 9.59 Å². The first-order valence-corrected chi connectivity index (χ1v) is 7.65. The van der Waals surface area contributed by atoms with Gasteiger partial charge >= 0.3 is 12.1 Å². The molecule has 26 heavy (non-hydrogen) atoms. The SMILES string of the molecule is CN(C)c1ccc(C(=O)/C=C/c2cccc(NC(=O)C(F)(F)F)c2)cc1. The molecule has 0 unspecified atom stereocenters. The van der Waals surface area contributed by atoms with Gasteiger partial charge in [0, 0.05) is 31.0 Å². The highest BCUT2D eigenvalue weighted by atomic mass is 19.4. The van der Waals surface area contributed by atoms with E-state index in [0.29, 0.717) is 11.1 Å². The van der Waals surface area contributed by atoms with Gasteiger partial charge < -0.3 is 10.2 Å². The number of nitrogens with zero attached hydrogens (tertiary/aromatic N) is 1. The number of alkyl halides is 3. The van der Waals surface area contributed by atoms with Gasteiger partial charge in [0.15, 0.2) is 5.78 Å². The van der Waals surface area contributed by atoms with Crippen LogP contribution in [0.25, 0.3) is 6.08 Å². The van der Waals surface area contributed by atoms with Gasteiger partial charge in [-0.1, -0.05) is 18.2 Å². The summed E-state index contributed by atoms with van der Waals surface area (Å²) in [6, 6.07) is 12.8. The molecule has 0 radical (unpaired) electrons. The zero-order valence-corrected chi connectivity index (χ0v) is 14.2. The molecule has 0 fully saturated rings. The average molecular weight is 362 g/mol. The fourth-order valence-corrected chi connectivity index (χ4v) is 2.11. The molecule has 1 amide bonds. The normalized spacial score (nSPS) is 11.4. The lowest BCUT2D eigenvalue weighted by Crippen LogP contribution is -2.29. The van der Waals surface area contributed by atoms with Crippen LogP contribution in [0.5, 0.6) is 0 Å². The average Bonchev–Trinajstić information content (AvgIpc) is 2.59. The molecule has 0 saturated heterocycles. The first kappa shape index (κ1) is 19.2. The van der Waals surface area contributed by atoms with E-state index < -0.39 is 12.1 Å². The van der Waals surface area contributed by atoms with Crippen LogP contribution in [0.1, 0.15) is 15.9 Å². The van der Waals surface area contributed by atoms with Crippen molar-refractivity contribution in [3.05, 3.63) is 65.7 Å². The molecule has 0 heterocycles. The molecule has 2 rings (SSSR count). The molecule has 0 aliphatic heterocycles. The van der Waals surface area contributed by atoms with Crippen molar-refractivity contribution in [3.63, 3.8) is 0 Å². The van der Waals surface area contributed by atoms with Crippen molar-refractivity contribution in [2.45, 2.75) is 6.18 Å². The number of nitrogens with one attached hydrogen (secondary N) is 1. The van der Waals surface area contributed by atoms with E-state index >= 15 is 0 Å². The summed E-state index contributed by atoms with van der Waals surface area (Å²) in [7, 11) is 3.78. The molecule has 0 aliphatic rings. The lowest BCUT2D eigenvalue weighted by Gasteiger charge is -2.11. The third kappa shape index (κ3) is 5.20. The topological polar surface area (TPSA) is 49.4 Å². The number of carbonyl (C=O) groups excluding carboxylic acids is 2. The van der Waals surface area contributed by atoms with Gasteiger partial charge in [0.2, 0.25) is 0 Å². The van der Waals surface area contributed by atoms with Crippen LogP contribution in [-0.2, 0) is 4.79 Å². The summed E-state index contributed by atoms with van der Waals surface area (Å²) in [6.07, 6.45) is -2.15. The number of ketones is 1. The van der Waals surface area contributed by atoms with Crippen molar-refractivity contribution in [2.75, 3.05) is 24.3 Å². The molecule has 0 aromatic heterocycles. The van der Waals surface area contributed by atoms with E-state index in [1.165, 1.54) is 30.4 Å². The van der Waals surface area contributed by atoms with Crippen molar-refractivity contribution >= 4 is 29.1 Å². The summed E-state index contributed by atoms with van der Waals surface area (Å²) in [5.41, 5.74) is 1.94. The van der Waals surface area contributed by atoms with E-state index in [1.54, 1.807) is 23.5 Å². The number of halogens is 3. The highest BCUT2D eigenvalue weighted by Gasteiger charge is 2.38. The van der Waals surface area contributed by atoms with Gasteiger partial charge in [-0.2, -0.15) is 13.2 Å². The summed E-state index contributed by atoms with van der Waals surface area (Å²) in [5, 5.41) is 1.77. The minimum atomic E-state index is -4.96. The maximum absolute atomic E-state index is 12.3. The highest BCUT2D eigenvalue weighted by molar-refractivity contribution is 6.07. The lowest BCUT2D eigenvalue weighted by atomic mass is 10.1. The quantitative estimate of drug-likeness (QED) is 0.642. The smallest absolute Gasteiger partial charge is 0.378 e. The molecule has 2 aromatic carbocycles. The van der Waals surface area contributed by atoms with Crippen molar-refractivity contribution in [1.29, 1.82) is 0 Å². The second kappa shape index (κ2) is 7.86. The largest absolute Gasteiger partial charge is 0.471 e. The second-order valence-electron chi connectivity index (χ2n) is 5.72. The van der Waals surface area contributed by atoms with Crippen LogP contribution in [0.4, 0.5) is 24.5 Å². The zero-order valence-electron chi connectivity index (χ0n) is 14.2. The Morgan fingerprint density at radius 2 is 1.69 bits per heavy atom. The molecule has 0 bridgehead atoms. The molecule has 4 nitrogen and oxygen atoms in total.